The van der Waals surface area contributed by atoms with Crippen molar-refractivity contribution in [1.29, 1.82) is 0 Å². The second-order valence-corrected chi connectivity index (χ2v) is 4.68. The third-order valence-electron chi connectivity index (χ3n) is 3.41. The Morgan fingerprint density at radius 3 is 2.53 bits per heavy atom. The molecule has 0 saturated carbocycles. The van der Waals surface area contributed by atoms with Gasteiger partial charge in [0, 0.05) is 18.1 Å². The van der Waals surface area contributed by atoms with Gasteiger partial charge < -0.3 is 0 Å². The zero-order chi connectivity index (χ0) is 13.6. The van der Waals surface area contributed by atoms with Gasteiger partial charge in [0.25, 0.3) is 0 Å². The van der Waals surface area contributed by atoms with E-state index in [0.717, 1.165) is 11.3 Å². The maximum atomic E-state index is 12.4. The van der Waals surface area contributed by atoms with Crippen LogP contribution in [0.4, 0.5) is 0 Å². The van der Waals surface area contributed by atoms with Crippen molar-refractivity contribution < 1.29 is 0 Å². The maximum absolute atomic E-state index is 12.4. The number of nitrogens with zero attached hydrogens (tertiary/aromatic N) is 4. The Kier molecular flexibility index (Phi) is 2.48. The number of benzene rings is 1. The van der Waals surface area contributed by atoms with Crippen LogP contribution in [0.25, 0.3) is 11.3 Å². The minimum Gasteiger partial charge on any atom is -0.281 e. The quantitative estimate of drug-likeness (QED) is 0.665. The minimum atomic E-state index is -0.161. The Morgan fingerprint density at radius 1 is 1.00 bits per heavy atom. The summed E-state index contributed by atoms with van der Waals surface area (Å²) >= 11 is 0. The summed E-state index contributed by atoms with van der Waals surface area (Å²) in [5.74, 6) is 0.708. The molecular formula is C14H14N4O. The average Bonchev–Trinajstić information content (AvgIpc) is 2.76. The van der Waals surface area contributed by atoms with E-state index >= 15 is 0 Å². The van der Waals surface area contributed by atoms with E-state index in [0.29, 0.717) is 11.5 Å². The molecule has 5 heteroatoms. The number of hydrogen-bond acceptors (Lipinski definition) is 3. The Bertz CT molecular complexity index is 829. The highest BCUT2D eigenvalue weighted by Gasteiger charge is 2.09. The van der Waals surface area contributed by atoms with Gasteiger partial charge in [0.05, 0.1) is 0 Å². The van der Waals surface area contributed by atoms with Gasteiger partial charge >= 0.3 is 5.56 Å². The fourth-order valence-electron chi connectivity index (χ4n) is 2.08. The zero-order valence-corrected chi connectivity index (χ0v) is 11.1. The number of hydrogen-bond donors (Lipinski definition) is 0. The summed E-state index contributed by atoms with van der Waals surface area (Å²) in [5.41, 5.74) is 3.39. The van der Waals surface area contributed by atoms with Crippen molar-refractivity contribution in [3.8, 4) is 5.69 Å². The van der Waals surface area contributed by atoms with Crippen LogP contribution in [-0.4, -0.2) is 19.2 Å². The molecule has 2 aromatic heterocycles. The summed E-state index contributed by atoms with van der Waals surface area (Å²) < 4.78 is 3.29. The standard InChI is InChI=1S/C14H14N4O/c1-9-4-5-12(8-10(9)2)18-7-6-17-11(3)15-16-13(17)14(18)19/h4-8H,1-3H3. The second-order valence-electron chi connectivity index (χ2n) is 4.68. The van der Waals surface area contributed by atoms with Crippen LogP contribution in [0.15, 0.2) is 35.4 Å². The highest BCUT2D eigenvalue weighted by Crippen LogP contribution is 2.12. The van der Waals surface area contributed by atoms with E-state index in [1.807, 2.05) is 39.0 Å². The van der Waals surface area contributed by atoms with Crippen molar-refractivity contribution in [2.24, 2.45) is 0 Å². The van der Waals surface area contributed by atoms with Crippen LogP contribution < -0.4 is 5.56 Å². The van der Waals surface area contributed by atoms with Gasteiger partial charge in [-0.2, -0.15) is 0 Å². The van der Waals surface area contributed by atoms with Crippen LogP contribution in [0.5, 0.6) is 0 Å². The zero-order valence-electron chi connectivity index (χ0n) is 11.1. The van der Waals surface area contributed by atoms with Crippen molar-refractivity contribution >= 4 is 5.65 Å². The normalized spacial score (nSPS) is 11.1. The summed E-state index contributed by atoms with van der Waals surface area (Å²) in [7, 11) is 0. The molecule has 0 bridgehead atoms. The lowest BCUT2D eigenvalue weighted by Gasteiger charge is -2.08. The van der Waals surface area contributed by atoms with Gasteiger partial charge in [-0.25, -0.2) is 0 Å². The molecule has 2 heterocycles. The Hall–Kier alpha value is -2.43. The molecular weight excluding hydrogens is 240 g/mol. The lowest BCUT2D eigenvalue weighted by molar-refractivity contribution is 0.934. The van der Waals surface area contributed by atoms with Crippen LogP contribution in [0, 0.1) is 20.8 Å². The predicted octanol–water partition coefficient (Wildman–Crippen LogP) is 1.81. The number of rotatable bonds is 1. The van der Waals surface area contributed by atoms with Gasteiger partial charge in [-0.1, -0.05) is 6.07 Å². The number of aryl methyl sites for hydroxylation is 3. The lowest BCUT2D eigenvalue weighted by atomic mass is 10.1. The predicted molar refractivity (Wildman–Crippen MR) is 72.8 cm³/mol. The molecule has 0 spiro atoms. The summed E-state index contributed by atoms with van der Waals surface area (Å²) in [6.45, 7) is 5.90. The Morgan fingerprint density at radius 2 is 1.79 bits per heavy atom. The first-order valence-electron chi connectivity index (χ1n) is 6.08. The molecule has 0 fully saturated rings. The van der Waals surface area contributed by atoms with Gasteiger partial charge in [0.2, 0.25) is 5.65 Å². The van der Waals surface area contributed by atoms with Crippen LogP contribution >= 0.6 is 0 Å². The third-order valence-corrected chi connectivity index (χ3v) is 3.41. The highest BCUT2D eigenvalue weighted by atomic mass is 16.1. The summed E-state index contributed by atoms with van der Waals surface area (Å²) in [5, 5.41) is 7.85. The van der Waals surface area contributed by atoms with Crippen molar-refractivity contribution in [3.63, 3.8) is 0 Å². The average molecular weight is 254 g/mol. The third kappa shape index (κ3) is 1.74. The SMILES string of the molecule is Cc1ccc(-n2ccn3c(C)nnc3c2=O)cc1C. The van der Waals surface area contributed by atoms with E-state index in [1.54, 1.807) is 21.4 Å². The smallest absolute Gasteiger partial charge is 0.281 e. The number of fused-ring (bicyclic) bond motifs is 1. The van der Waals surface area contributed by atoms with Crippen molar-refractivity contribution in [2.45, 2.75) is 20.8 Å². The molecule has 19 heavy (non-hydrogen) atoms. The molecule has 3 rings (SSSR count). The molecule has 3 aromatic rings. The van der Waals surface area contributed by atoms with E-state index in [1.165, 1.54) is 5.56 Å². The highest BCUT2D eigenvalue weighted by molar-refractivity contribution is 5.43. The maximum Gasteiger partial charge on any atom is 0.300 e. The van der Waals surface area contributed by atoms with Gasteiger partial charge in [-0.05, 0) is 44.0 Å². The molecule has 1 aromatic carbocycles. The van der Waals surface area contributed by atoms with E-state index in [4.69, 9.17) is 0 Å². The van der Waals surface area contributed by atoms with Gasteiger partial charge in [0.15, 0.2) is 0 Å². The second kappa shape index (κ2) is 4.05. The number of aromatic nitrogens is 4. The van der Waals surface area contributed by atoms with Crippen LogP contribution in [0.3, 0.4) is 0 Å². The molecule has 5 nitrogen and oxygen atoms in total. The fourth-order valence-corrected chi connectivity index (χ4v) is 2.08. The molecule has 0 N–H and O–H groups in total. The van der Waals surface area contributed by atoms with Gasteiger partial charge in [0.1, 0.15) is 5.82 Å². The van der Waals surface area contributed by atoms with Gasteiger partial charge in [-0.3, -0.25) is 13.8 Å². The van der Waals surface area contributed by atoms with Crippen molar-refractivity contribution in [2.75, 3.05) is 0 Å². The van der Waals surface area contributed by atoms with E-state index in [9.17, 15) is 4.79 Å². The lowest BCUT2D eigenvalue weighted by Crippen LogP contribution is -2.20. The molecule has 0 atom stereocenters. The van der Waals surface area contributed by atoms with Crippen molar-refractivity contribution in [3.05, 3.63) is 57.9 Å². The minimum absolute atomic E-state index is 0.161. The molecule has 96 valence electrons. The first kappa shape index (κ1) is 11.6. The Labute approximate surface area is 110 Å². The molecule has 0 aliphatic carbocycles. The molecule has 0 aliphatic rings. The first-order chi connectivity index (χ1) is 9.08. The van der Waals surface area contributed by atoms with E-state index < -0.39 is 0 Å². The fraction of sp³-hybridized carbons (Fsp3) is 0.214. The van der Waals surface area contributed by atoms with E-state index in [2.05, 4.69) is 10.2 Å². The molecule has 0 unspecified atom stereocenters. The van der Waals surface area contributed by atoms with Gasteiger partial charge in [-0.15, -0.1) is 10.2 Å². The molecule has 0 radical (unpaired) electrons. The summed E-state index contributed by atoms with van der Waals surface area (Å²) in [6.07, 6.45) is 3.55. The van der Waals surface area contributed by atoms with Crippen molar-refractivity contribution in [1.82, 2.24) is 19.2 Å². The molecule has 0 aliphatic heterocycles. The molecule has 0 saturated heterocycles. The monoisotopic (exact) mass is 254 g/mol. The van der Waals surface area contributed by atoms with Crippen LogP contribution in [0.2, 0.25) is 0 Å². The van der Waals surface area contributed by atoms with Crippen LogP contribution in [0.1, 0.15) is 17.0 Å². The van der Waals surface area contributed by atoms with Crippen LogP contribution in [-0.2, 0) is 0 Å². The Balaban J connectivity index is 2.28. The van der Waals surface area contributed by atoms with E-state index in [-0.39, 0.29) is 5.56 Å². The topological polar surface area (TPSA) is 52.2 Å². The summed E-state index contributed by atoms with van der Waals surface area (Å²) in [4.78, 5) is 12.4. The largest absolute Gasteiger partial charge is 0.300 e. The molecule has 0 amide bonds. The summed E-state index contributed by atoms with van der Waals surface area (Å²) in [6, 6.07) is 5.94. The first-order valence-corrected chi connectivity index (χ1v) is 6.08.